The molecule has 1 heterocycles. The van der Waals surface area contributed by atoms with Crippen molar-refractivity contribution >= 4 is 22.4 Å². The summed E-state index contributed by atoms with van der Waals surface area (Å²) in [4.78, 5) is 14.4. The maximum Gasteiger partial charge on any atom is 0.249 e. The van der Waals surface area contributed by atoms with Crippen molar-refractivity contribution in [1.29, 1.82) is 0 Å². The summed E-state index contributed by atoms with van der Waals surface area (Å²) in [7, 11) is 0. The van der Waals surface area contributed by atoms with Gasteiger partial charge in [-0.15, -0.1) is 0 Å². The van der Waals surface area contributed by atoms with E-state index >= 15 is 0 Å². The number of carbonyl (C=O) groups is 1. The molecular weight excluding hydrogens is 194 g/mol. The van der Waals surface area contributed by atoms with E-state index in [1.807, 2.05) is 0 Å². The predicted octanol–water partition coefficient (Wildman–Crippen LogP) is -1.40. The highest BCUT2D eigenvalue weighted by atomic mass is 32.1. The molecule has 13 heavy (non-hydrogen) atoms. The minimum Gasteiger partial charge on any atom is -0.384 e. The number of anilines is 1. The van der Waals surface area contributed by atoms with Crippen molar-refractivity contribution in [2.24, 2.45) is 5.73 Å². The topological polar surface area (TPSA) is 122 Å². The minimum absolute atomic E-state index is 0.255. The van der Waals surface area contributed by atoms with E-state index < -0.39 is 18.1 Å². The number of aliphatic hydroxyl groups excluding tert-OH is 2. The first-order valence-electron chi connectivity index (χ1n) is 3.39. The summed E-state index contributed by atoms with van der Waals surface area (Å²) >= 11 is 0.990. The molecule has 1 aromatic rings. The number of nitrogens with two attached hydrogens (primary N) is 2. The number of thiazole rings is 1. The standard InChI is InChI=1S/C6H9N3O3S/c7-5(12)4(11)3(10)2-1-9-6(8)13-2/h1,3-4,10-11H,(H2,7,12)(H2,8,9). The van der Waals surface area contributed by atoms with Crippen molar-refractivity contribution in [3.8, 4) is 0 Å². The van der Waals surface area contributed by atoms with Gasteiger partial charge in [0.2, 0.25) is 5.91 Å². The summed E-state index contributed by atoms with van der Waals surface area (Å²) in [5, 5.41) is 18.7. The third-order valence-corrected chi connectivity index (χ3v) is 2.32. The molecule has 0 bridgehead atoms. The lowest BCUT2D eigenvalue weighted by Gasteiger charge is -2.11. The number of primary amides is 1. The monoisotopic (exact) mass is 203 g/mol. The normalized spacial score (nSPS) is 15.2. The molecule has 0 aliphatic carbocycles. The maximum absolute atomic E-state index is 10.5. The Kier molecular flexibility index (Phi) is 2.81. The summed E-state index contributed by atoms with van der Waals surface area (Å²) in [5.74, 6) is -0.987. The molecule has 0 aromatic carbocycles. The molecule has 1 rings (SSSR count). The van der Waals surface area contributed by atoms with Crippen LogP contribution in [0.15, 0.2) is 6.20 Å². The average molecular weight is 203 g/mol. The Hall–Kier alpha value is -1.18. The van der Waals surface area contributed by atoms with Crippen LogP contribution in [0, 0.1) is 0 Å². The van der Waals surface area contributed by atoms with Crippen LogP contribution < -0.4 is 11.5 Å². The van der Waals surface area contributed by atoms with Crippen molar-refractivity contribution in [2.75, 3.05) is 5.73 Å². The summed E-state index contributed by atoms with van der Waals surface area (Å²) in [6.07, 6.45) is -1.69. The molecular formula is C6H9N3O3S. The molecule has 6 N–H and O–H groups in total. The van der Waals surface area contributed by atoms with Gasteiger partial charge in [0.15, 0.2) is 11.2 Å². The van der Waals surface area contributed by atoms with Crippen LogP contribution in [0.5, 0.6) is 0 Å². The van der Waals surface area contributed by atoms with Gasteiger partial charge in [0, 0.05) is 6.20 Å². The summed E-state index contributed by atoms with van der Waals surface area (Å²) in [6.45, 7) is 0. The number of rotatable bonds is 3. The number of carbonyl (C=O) groups excluding carboxylic acids is 1. The molecule has 0 aliphatic rings. The van der Waals surface area contributed by atoms with E-state index in [2.05, 4.69) is 4.98 Å². The van der Waals surface area contributed by atoms with E-state index in [4.69, 9.17) is 16.6 Å². The Morgan fingerprint density at radius 3 is 2.62 bits per heavy atom. The van der Waals surface area contributed by atoms with Gasteiger partial charge in [-0.3, -0.25) is 4.79 Å². The fourth-order valence-corrected chi connectivity index (χ4v) is 1.45. The number of aromatic nitrogens is 1. The summed E-state index contributed by atoms with van der Waals surface area (Å²) < 4.78 is 0. The van der Waals surface area contributed by atoms with Crippen LogP contribution in [0.25, 0.3) is 0 Å². The molecule has 0 saturated carbocycles. The molecule has 6 nitrogen and oxygen atoms in total. The van der Waals surface area contributed by atoms with Crippen LogP contribution in [0.4, 0.5) is 5.13 Å². The van der Waals surface area contributed by atoms with E-state index in [0.29, 0.717) is 4.88 Å². The van der Waals surface area contributed by atoms with Crippen LogP contribution in [0.1, 0.15) is 11.0 Å². The Morgan fingerprint density at radius 1 is 1.62 bits per heavy atom. The number of nitrogens with zero attached hydrogens (tertiary/aromatic N) is 1. The second kappa shape index (κ2) is 3.69. The summed E-state index contributed by atoms with van der Waals surface area (Å²) in [6, 6.07) is 0. The highest BCUT2D eigenvalue weighted by Gasteiger charge is 2.24. The zero-order chi connectivity index (χ0) is 10.0. The van der Waals surface area contributed by atoms with Crippen molar-refractivity contribution in [3.63, 3.8) is 0 Å². The van der Waals surface area contributed by atoms with Crippen LogP contribution in [-0.4, -0.2) is 27.2 Å². The quantitative estimate of drug-likeness (QED) is 0.481. The van der Waals surface area contributed by atoms with E-state index in [1.165, 1.54) is 6.20 Å². The third kappa shape index (κ3) is 2.14. The number of aliphatic hydroxyl groups is 2. The molecule has 0 spiro atoms. The molecule has 1 aromatic heterocycles. The number of hydrogen-bond acceptors (Lipinski definition) is 6. The van der Waals surface area contributed by atoms with Gasteiger partial charge in [-0.05, 0) is 0 Å². The van der Waals surface area contributed by atoms with Gasteiger partial charge in [0.1, 0.15) is 6.10 Å². The van der Waals surface area contributed by atoms with Gasteiger partial charge in [-0.1, -0.05) is 11.3 Å². The summed E-state index contributed by atoms with van der Waals surface area (Å²) in [5.41, 5.74) is 10.1. The van der Waals surface area contributed by atoms with E-state index in [1.54, 1.807) is 0 Å². The Bertz CT molecular complexity index is 314. The van der Waals surface area contributed by atoms with Gasteiger partial charge >= 0.3 is 0 Å². The zero-order valence-electron chi connectivity index (χ0n) is 6.54. The maximum atomic E-state index is 10.5. The van der Waals surface area contributed by atoms with Crippen molar-refractivity contribution in [2.45, 2.75) is 12.2 Å². The first-order chi connectivity index (χ1) is 6.02. The van der Waals surface area contributed by atoms with Crippen LogP contribution >= 0.6 is 11.3 Å². The highest BCUT2D eigenvalue weighted by molar-refractivity contribution is 7.15. The highest BCUT2D eigenvalue weighted by Crippen LogP contribution is 2.24. The fraction of sp³-hybridized carbons (Fsp3) is 0.333. The third-order valence-electron chi connectivity index (χ3n) is 1.42. The molecule has 0 radical (unpaired) electrons. The Balaban J connectivity index is 2.78. The molecule has 0 fully saturated rings. The SMILES string of the molecule is NC(=O)C(O)C(O)c1cnc(N)s1. The molecule has 2 unspecified atom stereocenters. The molecule has 1 amide bonds. The number of nitrogen functional groups attached to an aromatic ring is 1. The van der Waals surface area contributed by atoms with Gasteiger partial charge in [-0.25, -0.2) is 4.98 Å². The van der Waals surface area contributed by atoms with E-state index in [-0.39, 0.29) is 5.13 Å². The zero-order valence-corrected chi connectivity index (χ0v) is 7.36. The van der Waals surface area contributed by atoms with Crippen molar-refractivity contribution < 1.29 is 15.0 Å². The minimum atomic E-state index is -1.63. The lowest BCUT2D eigenvalue weighted by molar-refractivity contribution is -0.131. The molecule has 0 saturated heterocycles. The Labute approximate surface area is 77.8 Å². The smallest absolute Gasteiger partial charge is 0.249 e. The number of amides is 1. The molecule has 7 heteroatoms. The van der Waals surface area contributed by atoms with Gasteiger partial charge in [-0.2, -0.15) is 0 Å². The molecule has 72 valence electrons. The second-order valence-electron chi connectivity index (χ2n) is 2.39. The van der Waals surface area contributed by atoms with Gasteiger partial charge in [0.05, 0.1) is 4.88 Å². The van der Waals surface area contributed by atoms with Crippen LogP contribution in [0.3, 0.4) is 0 Å². The van der Waals surface area contributed by atoms with Gasteiger partial charge < -0.3 is 21.7 Å². The fourth-order valence-electron chi connectivity index (χ4n) is 0.749. The van der Waals surface area contributed by atoms with E-state index in [0.717, 1.165) is 11.3 Å². The lowest BCUT2D eigenvalue weighted by atomic mass is 10.2. The predicted molar refractivity (Wildman–Crippen MR) is 46.7 cm³/mol. The Morgan fingerprint density at radius 2 is 2.23 bits per heavy atom. The van der Waals surface area contributed by atoms with Crippen LogP contribution in [0.2, 0.25) is 0 Å². The van der Waals surface area contributed by atoms with Gasteiger partial charge in [0.25, 0.3) is 0 Å². The number of hydrogen-bond donors (Lipinski definition) is 4. The van der Waals surface area contributed by atoms with Crippen LogP contribution in [-0.2, 0) is 4.79 Å². The first-order valence-corrected chi connectivity index (χ1v) is 4.20. The lowest BCUT2D eigenvalue weighted by Crippen LogP contribution is -2.33. The first kappa shape index (κ1) is 9.90. The van der Waals surface area contributed by atoms with Crippen molar-refractivity contribution in [3.05, 3.63) is 11.1 Å². The molecule has 2 atom stereocenters. The second-order valence-corrected chi connectivity index (χ2v) is 3.49. The average Bonchev–Trinajstić information content (AvgIpc) is 2.49. The van der Waals surface area contributed by atoms with E-state index in [9.17, 15) is 9.90 Å². The largest absolute Gasteiger partial charge is 0.384 e. The van der Waals surface area contributed by atoms with Crippen molar-refractivity contribution in [1.82, 2.24) is 4.98 Å². The molecule has 0 aliphatic heterocycles.